The van der Waals surface area contributed by atoms with Gasteiger partial charge in [-0.05, 0) is 58.1 Å². The lowest BCUT2D eigenvalue weighted by molar-refractivity contribution is 0.559. The highest BCUT2D eigenvalue weighted by molar-refractivity contribution is 9.10. The van der Waals surface area contributed by atoms with Crippen molar-refractivity contribution >= 4 is 39.3 Å². The average molecular weight is 323 g/mol. The summed E-state index contributed by atoms with van der Waals surface area (Å²) in [5.74, 6) is 1.92. The standard InChI is InChI=1S/C12H17BrClNS/c1-9(8-16-2)6-15-7-10-3-4-12(14)11(13)5-10/h3-5,9,15H,6-8H2,1-2H3. The maximum atomic E-state index is 5.94. The zero-order valence-corrected chi connectivity index (χ0v) is 12.8. The van der Waals surface area contributed by atoms with E-state index in [1.54, 1.807) is 0 Å². The highest BCUT2D eigenvalue weighted by Gasteiger charge is 2.02. The van der Waals surface area contributed by atoms with Crippen LogP contribution in [0.3, 0.4) is 0 Å². The summed E-state index contributed by atoms with van der Waals surface area (Å²) in [6.07, 6.45) is 2.15. The van der Waals surface area contributed by atoms with E-state index in [4.69, 9.17) is 11.6 Å². The van der Waals surface area contributed by atoms with Gasteiger partial charge in [0.15, 0.2) is 0 Å². The summed E-state index contributed by atoms with van der Waals surface area (Å²) in [6.45, 7) is 4.22. The van der Waals surface area contributed by atoms with Crippen molar-refractivity contribution in [1.29, 1.82) is 0 Å². The van der Waals surface area contributed by atoms with Gasteiger partial charge in [0.2, 0.25) is 0 Å². The molecule has 0 fully saturated rings. The van der Waals surface area contributed by atoms with Gasteiger partial charge < -0.3 is 5.32 Å². The quantitative estimate of drug-likeness (QED) is 0.843. The Morgan fingerprint density at radius 2 is 2.25 bits per heavy atom. The van der Waals surface area contributed by atoms with Gasteiger partial charge in [-0.2, -0.15) is 11.8 Å². The van der Waals surface area contributed by atoms with Crippen LogP contribution in [0.2, 0.25) is 5.02 Å². The van der Waals surface area contributed by atoms with Crippen LogP contribution in [-0.2, 0) is 6.54 Å². The van der Waals surface area contributed by atoms with E-state index in [-0.39, 0.29) is 0 Å². The summed E-state index contributed by atoms with van der Waals surface area (Å²) < 4.78 is 0.964. The first-order chi connectivity index (χ1) is 7.63. The van der Waals surface area contributed by atoms with Crippen molar-refractivity contribution in [2.45, 2.75) is 13.5 Å². The molecule has 16 heavy (non-hydrogen) atoms. The number of hydrogen-bond donors (Lipinski definition) is 1. The number of halogens is 2. The molecule has 0 aliphatic heterocycles. The maximum Gasteiger partial charge on any atom is 0.0548 e. The van der Waals surface area contributed by atoms with Crippen LogP contribution in [0.25, 0.3) is 0 Å². The molecule has 0 saturated carbocycles. The van der Waals surface area contributed by atoms with E-state index in [9.17, 15) is 0 Å². The van der Waals surface area contributed by atoms with Gasteiger partial charge in [-0.1, -0.05) is 24.6 Å². The lowest BCUT2D eigenvalue weighted by Gasteiger charge is -2.11. The van der Waals surface area contributed by atoms with Crippen LogP contribution in [0.1, 0.15) is 12.5 Å². The van der Waals surface area contributed by atoms with Gasteiger partial charge >= 0.3 is 0 Å². The zero-order valence-electron chi connectivity index (χ0n) is 9.59. The second kappa shape index (κ2) is 7.59. The van der Waals surface area contributed by atoms with Gasteiger partial charge in [-0.15, -0.1) is 0 Å². The third-order valence-corrected chi connectivity index (χ3v) is 4.37. The summed E-state index contributed by atoms with van der Waals surface area (Å²) in [6, 6.07) is 6.04. The fourth-order valence-corrected chi connectivity index (χ4v) is 2.69. The van der Waals surface area contributed by atoms with E-state index in [1.807, 2.05) is 17.8 Å². The summed E-state index contributed by atoms with van der Waals surface area (Å²) in [5, 5.41) is 4.22. The molecule has 0 aromatic heterocycles. The molecule has 0 aliphatic rings. The molecule has 0 saturated heterocycles. The molecule has 1 rings (SSSR count). The van der Waals surface area contributed by atoms with Gasteiger partial charge in [-0.25, -0.2) is 0 Å². The minimum absolute atomic E-state index is 0.714. The molecule has 1 atom stereocenters. The molecule has 1 unspecified atom stereocenters. The Balaban J connectivity index is 2.34. The first-order valence-corrected chi connectivity index (χ1v) is 7.83. The topological polar surface area (TPSA) is 12.0 Å². The van der Waals surface area contributed by atoms with Crippen molar-refractivity contribution in [2.24, 2.45) is 5.92 Å². The first-order valence-electron chi connectivity index (χ1n) is 5.27. The molecule has 1 aromatic carbocycles. The Hall–Kier alpha value is 0.300. The van der Waals surface area contributed by atoms with Crippen LogP contribution >= 0.6 is 39.3 Å². The average Bonchev–Trinajstić information content (AvgIpc) is 2.24. The van der Waals surface area contributed by atoms with E-state index >= 15 is 0 Å². The fourth-order valence-electron chi connectivity index (χ4n) is 1.46. The number of hydrogen-bond acceptors (Lipinski definition) is 2. The lowest BCUT2D eigenvalue weighted by atomic mass is 10.2. The van der Waals surface area contributed by atoms with Crippen molar-refractivity contribution in [3.05, 3.63) is 33.3 Å². The van der Waals surface area contributed by atoms with E-state index in [0.717, 1.165) is 22.6 Å². The molecule has 4 heteroatoms. The minimum atomic E-state index is 0.714. The van der Waals surface area contributed by atoms with Gasteiger partial charge in [-0.3, -0.25) is 0 Å². The van der Waals surface area contributed by atoms with E-state index in [1.165, 1.54) is 11.3 Å². The second-order valence-corrected chi connectivity index (χ2v) is 6.11. The Morgan fingerprint density at radius 3 is 2.88 bits per heavy atom. The van der Waals surface area contributed by atoms with Crippen LogP contribution in [0.15, 0.2) is 22.7 Å². The van der Waals surface area contributed by atoms with Crippen molar-refractivity contribution in [2.75, 3.05) is 18.6 Å². The number of thioether (sulfide) groups is 1. The minimum Gasteiger partial charge on any atom is -0.312 e. The SMILES string of the molecule is CSCC(C)CNCc1ccc(Cl)c(Br)c1. The lowest BCUT2D eigenvalue weighted by Crippen LogP contribution is -2.21. The largest absolute Gasteiger partial charge is 0.312 e. The van der Waals surface area contributed by atoms with Crippen LogP contribution in [0, 0.1) is 5.92 Å². The predicted molar refractivity (Wildman–Crippen MR) is 78.4 cm³/mol. The van der Waals surface area contributed by atoms with Crippen molar-refractivity contribution in [1.82, 2.24) is 5.32 Å². The summed E-state index contributed by atoms with van der Waals surface area (Å²) in [7, 11) is 0. The highest BCUT2D eigenvalue weighted by Crippen LogP contribution is 2.23. The molecule has 0 radical (unpaired) electrons. The molecule has 0 bridgehead atoms. The number of benzene rings is 1. The van der Waals surface area contributed by atoms with E-state index in [2.05, 4.69) is 46.6 Å². The van der Waals surface area contributed by atoms with Crippen LogP contribution in [0.4, 0.5) is 0 Å². The molecule has 0 aliphatic carbocycles. The van der Waals surface area contributed by atoms with Gasteiger partial charge in [0.1, 0.15) is 0 Å². The van der Waals surface area contributed by atoms with E-state index < -0.39 is 0 Å². The predicted octanol–water partition coefficient (Wildman–Crippen LogP) is 4.19. The smallest absolute Gasteiger partial charge is 0.0548 e. The monoisotopic (exact) mass is 321 g/mol. The molecule has 0 heterocycles. The Labute approximate surface area is 115 Å². The molecule has 1 N–H and O–H groups in total. The first kappa shape index (κ1) is 14.4. The van der Waals surface area contributed by atoms with Crippen LogP contribution < -0.4 is 5.32 Å². The van der Waals surface area contributed by atoms with Crippen molar-refractivity contribution < 1.29 is 0 Å². The van der Waals surface area contributed by atoms with Crippen LogP contribution in [-0.4, -0.2) is 18.6 Å². The van der Waals surface area contributed by atoms with Gasteiger partial charge in [0.25, 0.3) is 0 Å². The molecular weight excluding hydrogens is 306 g/mol. The Kier molecular flexibility index (Phi) is 6.81. The Morgan fingerprint density at radius 1 is 1.50 bits per heavy atom. The normalized spacial score (nSPS) is 12.8. The van der Waals surface area contributed by atoms with Crippen molar-refractivity contribution in [3.63, 3.8) is 0 Å². The molecule has 1 aromatic rings. The molecule has 1 nitrogen and oxygen atoms in total. The second-order valence-electron chi connectivity index (χ2n) is 3.94. The number of rotatable bonds is 6. The van der Waals surface area contributed by atoms with Gasteiger partial charge in [0.05, 0.1) is 5.02 Å². The Bertz CT molecular complexity index is 333. The van der Waals surface area contributed by atoms with Crippen LogP contribution in [0.5, 0.6) is 0 Å². The zero-order chi connectivity index (χ0) is 12.0. The summed E-state index contributed by atoms with van der Waals surface area (Å²) >= 11 is 11.3. The molecule has 0 amide bonds. The fraction of sp³-hybridized carbons (Fsp3) is 0.500. The number of nitrogens with one attached hydrogen (secondary N) is 1. The molecule has 0 spiro atoms. The summed E-state index contributed by atoms with van der Waals surface area (Å²) in [4.78, 5) is 0. The highest BCUT2D eigenvalue weighted by atomic mass is 79.9. The third kappa shape index (κ3) is 5.09. The molecule has 90 valence electrons. The van der Waals surface area contributed by atoms with Gasteiger partial charge in [0, 0.05) is 11.0 Å². The maximum absolute atomic E-state index is 5.94. The van der Waals surface area contributed by atoms with Crippen molar-refractivity contribution in [3.8, 4) is 0 Å². The molecular formula is C12H17BrClNS. The third-order valence-electron chi connectivity index (χ3n) is 2.26. The van der Waals surface area contributed by atoms with E-state index in [0.29, 0.717) is 5.92 Å². The summed E-state index contributed by atoms with van der Waals surface area (Å²) in [5.41, 5.74) is 1.26.